The zero-order valence-corrected chi connectivity index (χ0v) is 24.4. The van der Waals surface area contributed by atoms with Crippen molar-refractivity contribution in [3.05, 3.63) is 0 Å². The Kier molecular flexibility index (Phi) is 13.1. The summed E-state index contributed by atoms with van der Waals surface area (Å²) in [5.41, 5.74) is 0. The number of aliphatic hydroxyl groups excluding tert-OH is 1. The van der Waals surface area contributed by atoms with Crippen LogP contribution in [0.25, 0.3) is 0 Å². The van der Waals surface area contributed by atoms with Gasteiger partial charge in [0.2, 0.25) is 19.5 Å². The Balaban J connectivity index is 4.88. The van der Waals surface area contributed by atoms with Crippen molar-refractivity contribution in [2.75, 3.05) is 19.8 Å². The first kappa shape index (κ1) is 28.0. The van der Waals surface area contributed by atoms with Crippen LogP contribution in [0.15, 0.2) is 0 Å². The standard InChI is InChI=1S/C14H38O7Si6/c1-22-17-25(5,6)20-27(9,18-23-2)21-26(7,8)19-24(3,4)14-10-12-16-13-11-15/h15H,10-14H2,1-9H3/t27-/m1/s1. The van der Waals surface area contributed by atoms with E-state index in [2.05, 4.69) is 26.2 Å². The van der Waals surface area contributed by atoms with Crippen LogP contribution in [0.5, 0.6) is 0 Å². The van der Waals surface area contributed by atoms with Gasteiger partial charge in [-0.15, -0.1) is 0 Å². The minimum absolute atomic E-state index is 0.0638. The van der Waals surface area contributed by atoms with Crippen LogP contribution in [-0.4, -0.2) is 78.7 Å². The fraction of sp³-hybridized carbons (Fsp3) is 1.00. The fourth-order valence-corrected chi connectivity index (χ4v) is 22.9. The van der Waals surface area contributed by atoms with Crippen LogP contribution in [0.3, 0.4) is 0 Å². The molecule has 0 aliphatic heterocycles. The molecule has 0 unspecified atom stereocenters. The van der Waals surface area contributed by atoms with E-state index in [-0.39, 0.29) is 6.61 Å². The van der Waals surface area contributed by atoms with Gasteiger partial charge in [-0.1, -0.05) is 0 Å². The van der Waals surface area contributed by atoms with E-state index in [1.807, 2.05) is 32.7 Å². The summed E-state index contributed by atoms with van der Waals surface area (Å²) in [4.78, 5) is 0. The van der Waals surface area contributed by atoms with Crippen molar-refractivity contribution < 1.29 is 30.4 Å². The van der Waals surface area contributed by atoms with Gasteiger partial charge in [-0.05, 0) is 64.8 Å². The second-order valence-electron chi connectivity index (χ2n) is 7.78. The van der Waals surface area contributed by atoms with Gasteiger partial charge < -0.3 is 30.4 Å². The van der Waals surface area contributed by atoms with Crippen molar-refractivity contribution >= 4 is 53.8 Å². The van der Waals surface area contributed by atoms with Crippen LogP contribution < -0.4 is 0 Å². The van der Waals surface area contributed by atoms with Crippen LogP contribution in [0.4, 0.5) is 0 Å². The Morgan fingerprint density at radius 2 is 1.30 bits per heavy atom. The van der Waals surface area contributed by atoms with Gasteiger partial charge in [-0.25, -0.2) is 0 Å². The van der Waals surface area contributed by atoms with E-state index in [0.717, 1.165) is 12.5 Å². The molecule has 13 heteroatoms. The summed E-state index contributed by atoms with van der Waals surface area (Å²) in [5.74, 6) is 0. The molecule has 0 aromatic heterocycles. The third kappa shape index (κ3) is 13.8. The molecule has 27 heavy (non-hydrogen) atoms. The Morgan fingerprint density at radius 1 is 0.741 bits per heavy atom. The van der Waals surface area contributed by atoms with Gasteiger partial charge in [-0.2, -0.15) is 0 Å². The second kappa shape index (κ2) is 12.7. The Labute approximate surface area is 175 Å². The molecule has 0 amide bonds. The number of ether oxygens (including phenoxy) is 1. The third-order valence-corrected chi connectivity index (χ3v) is 21.0. The van der Waals surface area contributed by atoms with Crippen molar-refractivity contribution in [3.8, 4) is 0 Å². The van der Waals surface area contributed by atoms with Crippen molar-refractivity contribution in [1.82, 2.24) is 0 Å². The highest BCUT2D eigenvalue weighted by Gasteiger charge is 2.48. The highest BCUT2D eigenvalue weighted by Crippen LogP contribution is 2.26. The first-order chi connectivity index (χ1) is 12.3. The maximum absolute atomic E-state index is 8.77. The predicted molar refractivity (Wildman–Crippen MR) is 120 cm³/mol. The lowest BCUT2D eigenvalue weighted by atomic mass is 10.5. The Morgan fingerprint density at radius 3 is 1.81 bits per heavy atom. The molecule has 160 valence electrons. The molecular weight excluding hydrogens is 449 g/mol. The van der Waals surface area contributed by atoms with Crippen molar-refractivity contribution in [3.63, 3.8) is 0 Å². The molecule has 0 spiro atoms. The molecule has 1 atom stereocenters. The van der Waals surface area contributed by atoms with Crippen molar-refractivity contribution in [1.29, 1.82) is 0 Å². The number of rotatable bonds is 16. The molecule has 0 bridgehead atoms. The van der Waals surface area contributed by atoms with E-state index in [1.165, 1.54) is 0 Å². The Bertz CT molecular complexity index is 413. The molecule has 0 saturated carbocycles. The topological polar surface area (TPSA) is 75.6 Å². The minimum atomic E-state index is -2.85. The van der Waals surface area contributed by atoms with Gasteiger partial charge in [0.05, 0.1) is 13.2 Å². The lowest BCUT2D eigenvalue weighted by Crippen LogP contribution is -2.60. The van der Waals surface area contributed by atoms with Gasteiger partial charge in [0.25, 0.3) is 0 Å². The molecule has 0 rings (SSSR count). The van der Waals surface area contributed by atoms with Gasteiger partial charge >= 0.3 is 25.9 Å². The molecular formula is C14H38O7Si6. The molecule has 0 aliphatic rings. The van der Waals surface area contributed by atoms with Gasteiger partial charge in [0.15, 0.2) is 8.32 Å². The molecule has 0 aromatic rings. The maximum atomic E-state index is 8.77. The van der Waals surface area contributed by atoms with Crippen LogP contribution in [0.1, 0.15) is 6.42 Å². The number of hydrogen-bond donors (Lipinski definition) is 1. The summed E-state index contributed by atoms with van der Waals surface area (Å²) in [5, 5.41) is 8.77. The minimum Gasteiger partial charge on any atom is -0.437 e. The summed E-state index contributed by atoms with van der Waals surface area (Å²) < 4.78 is 36.6. The summed E-state index contributed by atoms with van der Waals surface area (Å²) in [7, 11) is -8.82. The first-order valence-corrected chi connectivity index (χ1v) is 23.1. The lowest BCUT2D eigenvalue weighted by molar-refractivity contribution is 0.0923. The number of hydrogen-bond acceptors (Lipinski definition) is 7. The van der Waals surface area contributed by atoms with E-state index in [4.69, 9.17) is 30.4 Å². The molecule has 4 radical (unpaired) electrons. The van der Waals surface area contributed by atoms with Crippen LogP contribution in [0.2, 0.25) is 65.0 Å². The van der Waals surface area contributed by atoms with Crippen LogP contribution >= 0.6 is 0 Å². The molecule has 1 N–H and O–H groups in total. The summed E-state index contributed by atoms with van der Waals surface area (Å²) in [6.07, 6.45) is 0.924. The largest absolute Gasteiger partial charge is 0.469 e. The van der Waals surface area contributed by atoms with E-state index in [9.17, 15) is 0 Å². The molecule has 0 aliphatic carbocycles. The summed E-state index contributed by atoms with van der Waals surface area (Å²) >= 11 is 0. The van der Waals surface area contributed by atoms with Gasteiger partial charge in [0, 0.05) is 13.2 Å². The van der Waals surface area contributed by atoms with Crippen molar-refractivity contribution in [2.45, 2.75) is 71.4 Å². The normalized spacial score (nSPS) is 15.8. The van der Waals surface area contributed by atoms with Gasteiger partial charge in [0.1, 0.15) is 0 Å². The smallest absolute Gasteiger partial charge is 0.437 e. The lowest BCUT2D eigenvalue weighted by Gasteiger charge is -2.41. The fourth-order valence-electron chi connectivity index (χ4n) is 2.91. The zero-order valence-electron chi connectivity index (χ0n) is 18.4. The van der Waals surface area contributed by atoms with Gasteiger partial charge in [-0.3, -0.25) is 0 Å². The monoisotopic (exact) mass is 486 g/mol. The molecule has 0 aromatic carbocycles. The maximum Gasteiger partial charge on any atom is 0.469 e. The molecule has 0 fully saturated rings. The SMILES string of the molecule is C[Si]O[Si](C)(C)O[Si@@](C)(O[Si]C)O[Si](C)(C)O[Si](C)(C)CCCOCCO. The van der Waals surface area contributed by atoms with Crippen LogP contribution in [-0.2, 0) is 25.3 Å². The van der Waals surface area contributed by atoms with E-state index < -0.39 is 34.2 Å². The average Bonchev–Trinajstić information content (AvgIpc) is 2.43. The van der Waals surface area contributed by atoms with E-state index in [1.54, 1.807) is 0 Å². The zero-order chi connectivity index (χ0) is 21.2. The highest BCUT2D eigenvalue weighted by atomic mass is 28.5. The van der Waals surface area contributed by atoms with E-state index >= 15 is 0 Å². The third-order valence-electron chi connectivity index (χ3n) is 3.32. The predicted octanol–water partition coefficient (Wildman–Crippen LogP) is 2.98. The highest BCUT2D eigenvalue weighted by molar-refractivity contribution is 6.88. The average molecular weight is 487 g/mol. The Hall–Kier alpha value is 1.02. The quantitative estimate of drug-likeness (QED) is 0.265. The molecule has 7 nitrogen and oxygen atoms in total. The van der Waals surface area contributed by atoms with Crippen LogP contribution in [0, 0.1) is 0 Å². The first-order valence-electron chi connectivity index (χ1n) is 9.29. The summed E-state index contributed by atoms with van der Waals surface area (Å²) in [6.45, 7) is 19.6. The summed E-state index contributed by atoms with van der Waals surface area (Å²) in [6, 6.07) is 0.980. The molecule has 0 heterocycles. The second-order valence-corrected chi connectivity index (χ2v) is 24.0. The van der Waals surface area contributed by atoms with E-state index in [0.29, 0.717) is 32.7 Å². The number of aliphatic hydroxyl groups is 1. The van der Waals surface area contributed by atoms with Crippen molar-refractivity contribution in [2.24, 2.45) is 0 Å². The molecule has 0 saturated heterocycles.